The van der Waals surface area contributed by atoms with E-state index in [1.807, 2.05) is 0 Å². The molecule has 2 atom stereocenters. The summed E-state index contributed by atoms with van der Waals surface area (Å²) in [5.41, 5.74) is 0.918. The van der Waals surface area contributed by atoms with Gasteiger partial charge in [0.25, 0.3) is 5.91 Å². The van der Waals surface area contributed by atoms with Crippen LogP contribution in [0.4, 0.5) is 0 Å². The molecule has 2 heterocycles. The molecular formula is C17H22N2O2. The third kappa shape index (κ3) is 2.27. The van der Waals surface area contributed by atoms with Crippen molar-refractivity contribution in [1.82, 2.24) is 10.2 Å². The SMILES string of the molecule is CC(c1ccccc1)N1CC(C2CNC(=O)C3(CC3)O2)C1. The second-order valence-electron chi connectivity index (χ2n) is 6.66. The maximum atomic E-state index is 11.8. The topological polar surface area (TPSA) is 41.6 Å². The van der Waals surface area contributed by atoms with Crippen LogP contribution < -0.4 is 5.32 Å². The van der Waals surface area contributed by atoms with Crippen molar-refractivity contribution in [1.29, 1.82) is 0 Å². The molecule has 4 heteroatoms. The molecular weight excluding hydrogens is 264 g/mol. The monoisotopic (exact) mass is 286 g/mol. The Bertz CT molecular complexity index is 535. The van der Waals surface area contributed by atoms with Gasteiger partial charge in [-0.3, -0.25) is 9.69 Å². The van der Waals surface area contributed by atoms with Gasteiger partial charge < -0.3 is 10.1 Å². The number of benzene rings is 1. The third-order valence-electron chi connectivity index (χ3n) is 5.25. The first kappa shape index (κ1) is 13.3. The van der Waals surface area contributed by atoms with E-state index < -0.39 is 5.60 Å². The van der Waals surface area contributed by atoms with Crippen LogP contribution in [0.15, 0.2) is 30.3 Å². The summed E-state index contributed by atoms with van der Waals surface area (Å²) < 4.78 is 6.10. The first-order chi connectivity index (χ1) is 10.2. The number of likely N-dealkylation sites (tertiary alicyclic amines) is 1. The average molecular weight is 286 g/mol. The fourth-order valence-electron chi connectivity index (χ4n) is 3.50. The number of morpholine rings is 1. The lowest BCUT2D eigenvalue weighted by Gasteiger charge is -2.48. The number of carbonyl (C=O) groups is 1. The van der Waals surface area contributed by atoms with Gasteiger partial charge >= 0.3 is 0 Å². The Morgan fingerprint density at radius 2 is 2.00 bits per heavy atom. The van der Waals surface area contributed by atoms with Gasteiger partial charge in [-0.25, -0.2) is 0 Å². The molecule has 0 radical (unpaired) electrons. The van der Waals surface area contributed by atoms with Crippen molar-refractivity contribution in [2.75, 3.05) is 19.6 Å². The zero-order valence-corrected chi connectivity index (χ0v) is 12.4. The standard InChI is InChI=1S/C17H22N2O2/c1-12(13-5-3-2-4-6-13)19-10-14(11-19)15-9-18-16(20)17(21-15)7-8-17/h2-6,12,14-15H,7-11H2,1H3,(H,18,20). The first-order valence-electron chi connectivity index (χ1n) is 7.93. The second-order valence-corrected chi connectivity index (χ2v) is 6.66. The normalized spacial score (nSPS) is 29.8. The number of carbonyl (C=O) groups excluding carboxylic acids is 1. The summed E-state index contributed by atoms with van der Waals surface area (Å²) >= 11 is 0. The van der Waals surface area contributed by atoms with E-state index in [9.17, 15) is 4.79 Å². The lowest BCUT2D eigenvalue weighted by molar-refractivity contribution is -0.161. The Labute approximate surface area is 125 Å². The minimum atomic E-state index is -0.450. The number of rotatable bonds is 3. The predicted molar refractivity (Wildman–Crippen MR) is 79.8 cm³/mol. The Morgan fingerprint density at radius 1 is 1.29 bits per heavy atom. The van der Waals surface area contributed by atoms with Crippen molar-refractivity contribution >= 4 is 5.91 Å². The van der Waals surface area contributed by atoms with Crippen molar-refractivity contribution in [3.63, 3.8) is 0 Å². The average Bonchev–Trinajstić information content (AvgIpc) is 3.23. The highest BCUT2D eigenvalue weighted by Gasteiger charge is 2.56. The molecule has 0 bridgehead atoms. The summed E-state index contributed by atoms with van der Waals surface area (Å²) in [7, 11) is 0. The fraction of sp³-hybridized carbons (Fsp3) is 0.588. The molecule has 1 aliphatic carbocycles. The Balaban J connectivity index is 1.34. The summed E-state index contributed by atoms with van der Waals surface area (Å²) in [5, 5.41) is 3.03. The lowest BCUT2D eigenvalue weighted by Crippen LogP contribution is -2.60. The molecule has 1 spiro atoms. The van der Waals surface area contributed by atoms with Crippen LogP contribution >= 0.6 is 0 Å². The van der Waals surface area contributed by atoms with E-state index in [4.69, 9.17) is 4.74 Å². The molecule has 2 saturated heterocycles. The molecule has 1 amide bonds. The van der Waals surface area contributed by atoms with E-state index in [-0.39, 0.29) is 12.0 Å². The zero-order chi connectivity index (χ0) is 14.4. The molecule has 2 unspecified atom stereocenters. The second kappa shape index (κ2) is 4.82. The van der Waals surface area contributed by atoms with Crippen LogP contribution in [0.2, 0.25) is 0 Å². The predicted octanol–water partition coefficient (Wildman–Crippen LogP) is 1.73. The highest BCUT2D eigenvalue weighted by molar-refractivity contribution is 5.88. The molecule has 3 aliphatic rings. The number of hydrogen-bond acceptors (Lipinski definition) is 3. The van der Waals surface area contributed by atoms with Crippen molar-refractivity contribution < 1.29 is 9.53 Å². The van der Waals surface area contributed by atoms with Crippen LogP contribution in [0.1, 0.15) is 31.4 Å². The Morgan fingerprint density at radius 3 is 2.67 bits per heavy atom. The van der Waals surface area contributed by atoms with Crippen LogP contribution in [-0.4, -0.2) is 42.1 Å². The molecule has 3 fully saturated rings. The van der Waals surface area contributed by atoms with E-state index in [1.54, 1.807) is 0 Å². The van der Waals surface area contributed by atoms with Gasteiger partial charge in [0.1, 0.15) is 5.60 Å². The Hall–Kier alpha value is -1.39. The molecule has 112 valence electrons. The number of hydrogen-bond donors (Lipinski definition) is 1. The Kier molecular flexibility index (Phi) is 3.05. The van der Waals surface area contributed by atoms with Gasteiger partial charge in [0.2, 0.25) is 0 Å². The van der Waals surface area contributed by atoms with Gasteiger partial charge in [0.15, 0.2) is 0 Å². The van der Waals surface area contributed by atoms with E-state index in [1.165, 1.54) is 5.56 Å². The highest BCUT2D eigenvalue weighted by atomic mass is 16.5. The van der Waals surface area contributed by atoms with Crippen molar-refractivity contribution in [2.24, 2.45) is 5.92 Å². The van der Waals surface area contributed by atoms with Crippen LogP contribution in [-0.2, 0) is 9.53 Å². The van der Waals surface area contributed by atoms with Crippen molar-refractivity contribution in [2.45, 2.75) is 37.5 Å². The molecule has 1 N–H and O–H groups in total. The molecule has 21 heavy (non-hydrogen) atoms. The summed E-state index contributed by atoms with van der Waals surface area (Å²) in [6.07, 6.45) is 1.99. The van der Waals surface area contributed by atoms with Crippen LogP contribution in [0.3, 0.4) is 0 Å². The number of amides is 1. The largest absolute Gasteiger partial charge is 0.360 e. The number of ether oxygens (including phenoxy) is 1. The number of nitrogens with zero attached hydrogens (tertiary/aromatic N) is 1. The van der Waals surface area contributed by atoms with Gasteiger partial charge in [-0.15, -0.1) is 0 Å². The van der Waals surface area contributed by atoms with E-state index in [2.05, 4.69) is 47.5 Å². The summed E-state index contributed by atoms with van der Waals surface area (Å²) in [6, 6.07) is 11.1. The molecule has 4 rings (SSSR count). The van der Waals surface area contributed by atoms with Crippen LogP contribution in [0.5, 0.6) is 0 Å². The number of nitrogens with one attached hydrogen (secondary N) is 1. The van der Waals surface area contributed by atoms with E-state index in [0.717, 1.165) is 25.9 Å². The van der Waals surface area contributed by atoms with Crippen molar-refractivity contribution in [3.05, 3.63) is 35.9 Å². The van der Waals surface area contributed by atoms with Crippen molar-refractivity contribution in [3.8, 4) is 0 Å². The minimum absolute atomic E-state index is 0.104. The van der Waals surface area contributed by atoms with Gasteiger partial charge in [-0.05, 0) is 25.3 Å². The third-order valence-corrected chi connectivity index (χ3v) is 5.25. The minimum Gasteiger partial charge on any atom is -0.360 e. The van der Waals surface area contributed by atoms with Gasteiger partial charge in [0.05, 0.1) is 6.10 Å². The maximum absolute atomic E-state index is 11.8. The zero-order valence-electron chi connectivity index (χ0n) is 12.4. The maximum Gasteiger partial charge on any atom is 0.252 e. The molecule has 4 nitrogen and oxygen atoms in total. The molecule has 1 aromatic rings. The smallest absolute Gasteiger partial charge is 0.252 e. The van der Waals surface area contributed by atoms with E-state index in [0.29, 0.717) is 18.5 Å². The van der Waals surface area contributed by atoms with Gasteiger partial charge in [-0.2, -0.15) is 0 Å². The molecule has 1 aromatic carbocycles. The summed E-state index contributed by atoms with van der Waals surface area (Å²) in [6.45, 7) is 5.07. The van der Waals surface area contributed by atoms with Gasteiger partial charge in [-0.1, -0.05) is 30.3 Å². The first-order valence-corrected chi connectivity index (χ1v) is 7.93. The lowest BCUT2D eigenvalue weighted by atomic mass is 9.89. The van der Waals surface area contributed by atoms with Crippen LogP contribution in [0.25, 0.3) is 0 Å². The summed E-state index contributed by atoms with van der Waals surface area (Å²) in [5.74, 6) is 0.654. The molecule has 2 aliphatic heterocycles. The van der Waals surface area contributed by atoms with Gasteiger partial charge in [0, 0.05) is 31.6 Å². The molecule has 1 saturated carbocycles. The van der Waals surface area contributed by atoms with Crippen LogP contribution in [0, 0.1) is 5.92 Å². The highest BCUT2D eigenvalue weighted by Crippen LogP contribution is 2.44. The quantitative estimate of drug-likeness (QED) is 0.920. The van der Waals surface area contributed by atoms with E-state index >= 15 is 0 Å². The fourth-order valence-corrected chi connectivity index (χ4v) is 3.50. The molecule has 0 aromatic heterocycles. The summed E-state index contributed by atoms with van der Waals surface area (Å²) in [4.78, 5) is 14.2.